The van der Waals surface area contributed by atoms with Crippen LogP contribution in [0, 0.1) is 0 Å². The van der Waals surface area contributed by atoms with Crippen LogP contribution in [0.25, 0.3) is 10.8 Å². The lowest BCUT2D eigenvalue weighted by Gasteiger charge is -2.29. The summed E-state index contributed by atoms with van der Waals surface area (Å²) in [4.78, 5) is 38.9. The Morgan fingerprint density at radius 2 is 1.28 bits per heavy atom. The third kappa shape index (κ3) is 10.9. The van der Waals surface area contributed by atoms with Crippen molar-refractivity contribution in [3.63, 3.8) is 0 Å². The number of amides is 3. The zero-order chi connectivity index (χ0) is 32.6. The third-order valence-electron chi connectivity index (χ3n) is 7.80. The van der Waals surface area contributed by atoms with Gasteiger partial charge in [0, 0.05) is 13.1 Å². The molecule has 0 heterocycles. The molecule has 0 aliphatic carbocycles. The number of benzene rings is 4. The first-order chi connectivity index (χ1) is 22.4. The lowest BCUT2D eigenvalue weighted by molar-refractivity contribution is -0.123. The number of carbonyl (C=O) groups excluding carboxylic acids is 3. The quantitative estimate of drug-likeness (QED) is 0.126. The minimum atomic E-state index is -0.812. The fraction of sp³-hybridized carbons (Fsp3) is 0.324. The highest BCUT2D eigenvalue weighted by Gasteiger charge is 2.29. The van der Waals surface area contributed by atoms with E-state index in [4.69, 9.17) is 20.9 Å². The Labute approximate surface area is 270 Å². The number of hydrogen-bond acceptors (Lipinski definition) is 6. The zero-order valence-electron chi connectivity index (χ0n) is 26.2. The molecular formula is C37H44N4O5. The number of fused-ring (bicyclic) bond motifs is 1. The number of carbonyl (C=O) groups is 3. The minimum absolute atomic E-state index is 0.109. The van der Waals surface area contributed by atoms with Crippen molar-refractivity contribution < 1.29 is 23.9 Å². The van der Waals surface area contributed by atoms with Crippen molar-refractivity contribution in [2.45, 2.75) is 57.8 Å². The van der Waals surface area contributed by atoms with Gasteiger partial charge in [-0.25, -0.2) is 9.59 Å². The van der Waals surface area contributed by atoms with E-state index in [0.29, 0.717) is 32.4 Å². The van der Waals surface area contributed by atoms with Gasteiger partial charge in [-0.15, -0.1) is 0 Å². The van der Waals surface area contributed by atoms with Gasteiger partial charge in [0.1, 0.15) is 19.3 Å². The number of hydrogen-bond donors (Lipinski definition) is 3. The van der Waals surface area contributed by atoms with Crippen LogP contribution >= 0.6 is 0 Å². The third-order valence-corrected chi connectivity index (χ3v) is 7.80. The lowest BCUT2D eigenvalue weighted by Crippen LogP contribution is -2.49. The molecule has 0 unspecified atom stereocenters. The first-order valence-corrected chi connectivity index (χ1v) is 15.9. The van der Waals surface area contributed by atoms with Gasteiger partial charge in [-0.05, 0) is 78.1 Å². The molecule has 5 N–H and O–H groups in total. The van der Waals surface area contributed by atoms with E-state index in [1.54, 1.807) is 0 Å². The normalized spacial score (nSPS) is 11.5. The lowest BCUT2D eigenvalue weighted by atomic mass is 9.98. The Kier molecular flexibility index (Phi) is 13.4. The summed E-state index contributed by atoms with van der Waals surface area (Å²) in [6.07, 6.45) is 3.17. The summed E-state index contributed by atoms with van der Waals surface area (Å²) in [5, 5.41) is 5.04. The molecule has 4 aromatic carbocycles. The predicted octanol–water partition coefficient (Wildman–Crippen LogP) is 5.86. The van der Waals surface area contributed by atoms with E-state index in [1.807, 2.05) is 66.7 Å². The minimum Gasteiger partial charge on any atom is -0.445 e. The first-order valence-electron chi connectivity index (χ1n) is 15.9. The highest BCUT2D eigenvalue weighted by atomic mass is 16.6. The number of unbranched alkanes of at least 4 members (excludes halogenated alkanes) is 1. The van der Waals surface area contributed by atoms with Crippen molar-refractivity contribution in [2.24, 2.45) is 11.5 Å². The van der Waals surface area contributed by atoms with E-state index in [-0.39, 0.29) is 19.8 Å². The maximum atomic E-state index is 13.0. The summed E-state index contributed by atoms with van der Waals surface area (Å²) < 4.78 is 10.8. The molecule has 4 rings (SSSR count). The second kappa shape index (κ2) is 18.2. The number of primary amides is 1. The maximum Gasteiger partial charge on any atom is 0.410 e. The van der Waals surface area contributed by atoms with Gasteiger partial charge in [-0.1, -0.05) is 97.1 Å². The number of nitrogens with one attached hydrogen (secondary N) is 1. The Bertz CT molecular complexity index is 1550. The molecule has 0 radical (unpaired) electrons. The molecule has 4 aromatic rings. The number of nitrogens with zero attached hydrogens (tertiary/aromatic N) is 1. The standard InChI is InChI=1S/C37H44N4O5/c38-21-9-23-41(37(44)46-27-31-13-5-2-6-14-31)34(35(39)42)20-17-29-16-19-32-24-28(15-18-33(32)25-29)10-7-8-22-40-36(43)45-26-30-11-3-1-4-12-30/h1-6,11-16,18-19,24-25,34H,7-10,17,20-23,26-27,38H2,(H2,39,42)(H,40,43)/t34-/m0/s1. The largest absolute Gasteiger partial charge is 0.445 e. The number of rotatable bonds is 17. The highest BCUT2D eigenvalue weighted by molar-refractivity contribution is 5.85. The van der Waals surface area contributed by atoms with Gasteiger partial charge in [-0.2, -0.15) is 0 Å². The predicted molar refractivity (Wildman–Crippen MR) is 180 cm³/mol. The SMILES string of the molecule is NCCCN(C(=O)OCc1ccccc1)[C@@H](CCc1ccc2cc(CCCCNC(=O)OCc3ccccc3)ccc2c1)C(N)=O. The van der Waals surface area contributed by atoms with Gasteiger partial charge in [0.25, 0.3) is 0 Å². The van der Waals surface area contributed by atoms with E-state index < -0.39 is 24.1 Å². The zero-order valence-corrected chi connectivity index (χ0v) is 26.2. The summed E-state index contributed by atoms with van der Waals surface area (Å²) in [7, 11) is 0. The summed E-state index contributed by atoms with van der Waals surface area (Å²) in [5.41, 5.74) is 15.6. The van der Waals surface area contributed by atoms with Crippen LogP contribution in [-0.4, -0.2) is 48.7 Å². The van der Waals surface area contributed by atoms with Crippen LogP contribution in [0.4, 0.5) is 9.59 Å². The molecule has 9 heteroatoms. The van der Waals surface area contributed by atoms with E-state index >= 15 is 0 Å². The molecule has 1 atom stereocenters. The summed E-state index contributed by atoms with van der Waals surface area (Å²) >= 11 is 0. The number of nitrogens with two attached hydrogens (primary N) is 2. The first kappa shape index (κ1) is 34.0. The van der Waals surface area contributed by atoms with E-state index in [0.717, 1.165) is 46.7 Å². The van der Waals surface area contributed by atoms with Gasteiger partial charge in [-0.3, -0.25) is 9.69 Å². The number of aryl methyl sites for hydroxylation is 2. The van der Waals surface area contributed by atoms with Crippen molar-refractivity contribution in [3.8, 4) is 0 Å². The summed E-state index contributed by atoms with van der Waals surface area (Å²) in [5.74, 6) is -0.571. The van der Waals surface area contributed by atoms with Crippen LogP contribution in [0.1, 0.15) is 47.9 Å². The van der Waals surface area contributed by atoms with Crippen molar-refractivity contribution in [2.75, 3.05) is 19.6 Å². The molecule has 0 saturated carbocycles. The van der Waals surface area contributed by atoms with Crippen LogP contribution in [0.2, 0.25) is 0 Å². The Morgan fingerprint density at radius 1 is 0.696 bits per heavy atom. The van der Waals surface area contributed by atoms with Gasteiger partial charge in [0.05, 0.1) is 0 Å². The molecule has 0 aliphatic rings. The van der Waals surface area contributed by atoms with Crippen LogP contribution in [0.5, 0.6) is 0 Å². The summed E-state index contributed by atoms with van der Waals surface area (Å²) in [6.45, 7) is 1.59. The average molecular weight is 625 g/mol. The second-order valence-electron chi connectivity index (χ2n) is 11.3. The molecule has 3 amide bonds. The van der Waals surface area contributed by atoms with E-state index in [9.17, 15) is 14.4 Å². The monoisotopic (exact) mass is 624 g/mol. The fourth-order valence-electron chi connectivity index (χ4n) is 5.27. The summed E-state index contributed by atoms with van der Waals surface area (Å²) in [6, 6.07) is 30.8. The Balaban J connectivity index is 1.25. The van der Waals surface area contributed by atoms with E-state index in [2.05, 4.69) is 35.6 Å². The molecule has 0 saturated heterocycles. The molecule has 46 heavy (non-hydrogen) atoms. The Hall–Kier alpha value is -4.89. The Morgan fingerprint density at radius 3 is 1.87 bits per heavy atom. The molecule has 0 fully saturated rings. The molecule has 0 bridgehead atoms. The highest BCUT2D eigenvalue weighted by Crippen LogP contribution is 2.21. The fourth-order valence-corrected chi connectivity index (χ4v) is 5.27. The van der Waals surface area contributed by atoms with Crippen molar-refractivity contribution in [3.05, 3.63) is 119 Å². The van der Waals surface area contributed by atoms with Gasteiger partial charge >= 0.3 is 12.2 Å². The average Bonchev–Trinajstić information content (AvgIpc) is 3.08. The van der Waals surface area contributed by atoms with Crippen LogP contribution < -0.4 is 16.8 Å². The molecule has 9 nitrogen and oxygen atoms in total. The molecule has 0 spiro atoms. The number of alkyl carbamates (subject to hydrolysis) is 1. The maximum absolute atomic E-state index is 13.0. The van der Waals surface area contributed by atoms with Gasteiger partial charge in [0.15, 0.2) is 0 Å². The van der Waals surface area contributed by atoms with Crippen LogP contribution in [-0.2, 0) is 40.3 Å². The number of ether oxygens (including phenoxy) is 2. The molecule has 242 valence electrons. The van der Waals surface area contributed by atoms with Crippen molar-refractivity contribution >= 4 is 28.9 Å². The molecule has 0 aliphatic heterocycles. The molecule has 0 aromatic heterocycles. The van der Waals surface area contributed by atoms with Gasteiger partial charge in [0.2, 0.25) is 5.91 Å². The molecular weight excluding hydrogens is 580 g/mol. The topological polar surface area (TPSA) is 137 Å². The van der Waals surface area contributed by atoms with Crippen molar-refractivity contribution in [1.29, 1.82) is 0 Å². The van der Waals surface area contributed by atoms with Crippen LogP contribution in [0.3, 0.4) is 0 Å². The van der Waals surface area contributed by atoms with E-state index in [1.165, 1.54) is 10.5 Å². The van der Waals surface area contributed by atoms with Crippen molar-refractivity contribution in [1.82, 2.24) is 10.2 Å². The van der Waals surface area contributed by atoms with Gasteiger partial charge < -0.3 is 26.3 Å². The smallest absolute Gasteiger partial charge is 0.410 e. The second-order valence-corrected chi connectivity index (χ2v) is 11.3. The van der Waals surface area contributed by atoms with Crippen LogP contribution in [0.15, 0.2) is 97.1 Å².